The molecule has 0 bridgehead atoms. The molecule has 11 nitrogen and oxygen atoms in total. The van der Waals surface area contributed by atoms with Gasteiger partial charge in [0.25, 0.3) is 0 Å². The lowest BCUT2D eigenvalue weighted by Gasteiger charge is -2.24. The number of methoxy groups -OCH3 is 1. The quantitative estimate of drug-likeness (QED) is 0.489. The van der Waals surface area contributed by atoms with E-state index in [0.29, 0.717) is 43.3 Å². The van der Waals surface area contributed by atoms with E-state index in [1.54, 1.807) is 6.07 Å². The van der Waals surface area contributed by atoms with E-state index in [1.165, 1.54) is 13.4 Å². The summed E-state index contributed by atoms with van der Waals surface area (Å²) in [5.74, 6) is 0.844. The average Bonchev–Trinajstić information content (AvgIpc) is 3.48. The zero-order chi connectivity index (χ0) is 24.4. The van der Waals surface area contributed by atoms with Crippen molar-refractivity contribution in [1.29, 1.82) is 0 Å². The van der Waals surface area contributed by atoms with E-state index in [0.717, 1.165) is 35.0 Å². The van der Waals surface area contributed by atoms with Crippen molar-refractivity contribution in [1.82, 2.24) is 19.9 Å². The molecule has 3 aromatic rings. The summed E-state index contributed by atoms with van der Waals surface area (Å²) in [7, 11) is 1.53. The van der Waals surface area contributed by atoms with Crippen molar-refractivity contribution in [2.75, 3.05) is 38.0 Å². The van der Waals surface area contributed by atoms with Crippen LogP contribution < -0.4 is 21.1 Å². The number of ether oxygens (including phenoxy) is 3. The molecule has 1 aromatic carbocycles. The van der Waals surface area contributed by atoms with E-state index < -0.39 is 6.09 Å². The Bertz CT molecular complexity index is 1250. The van der Waals surface area contributed by atoms with Crippen LogP contribution in [0, 0.1) is 0 Å². The molecular formula is C24H28N6O5. The number of anilines is 2. The van der Waals surface area contributed by atoms with Crippen molar-refractivity contribution in [3.05, 3.63) is 30.7 Å². The lowest BCUT2D eigenvalue weighted by molar-refractivity contribution is -0.119. The molecule has 11 heteroatoms. The summed E-state index contributed by atoms with van der Waals surface area (Å²) in [6.45, 7) is 1.53. The Morgan fingerprint density at radius 1 is 1.29 bits per heavy atom. The van der Waals surface area contributed by atoms with Crippen LogP contribution in [0.25, 0.3) is 22.2 Å². The maximum atomic E-state index is 12.3. The number of nitrogens with two attached hydrogens (primary N) is 1. The Labute approximate surface area is 201 Å². The van der Waals surface area contributed by atoms with Crippen molar-refractivity contribution >= 4 is 34.5 Å². The molecule has 4 N–H and O–H groups in total. The topological polar surface area (TPSA) is 143 Å². The Balaban J connectivity index is 1.40. The second-order valence-corrected chi connectivity index (χ2v) is 8.69. The first-order chi connectivity index (χ1) is 17.0. The van der Waals surface area contributed by atoms with Crippen LogP contribution in [0.4, 0.5) is 16.3 Å². The SMILES string of the molecule is COc1cc(-c2cn(C3CCOCC3)c3ncnc(N)c23)ccc1NC(=O)OC[C@@H]1CCC(=O)N1. The predicted molar refractivity (Wildman–Crippen MR) is 129 cm³/mol. The van der Waals surface area contributed by atoms with E-state index >= 15 is 0 Å². The number of hydrogen-bond acceptors (Lipinski definition) is 8. The fourth-order valence-corrected chi connectivity index (χ4v) is 4.66. The molecule has 1 atom stereocenters. The second kappa shape index (κ2) is 9.79. The van der Waals surface area contributed by atoms with Gasteiger partial charge in [0.15, 0.2) is 0 Å². The molecule has 0 radical (unpaired) electrons. The summed E-state index contributed by atoms with van der Waals surface area (Å²) >= 11 is 0. The molecule has 0 saturated carbocycles. The second-order valence-electron chi connectivity index (χ2n) is 8.69. The number of nitrogens with one attached hydrogen (secondary N) is 2. The molecule has 184 valence electrons. The van der Waals surface area contributed by atoms with Gasteiger partial charge in [0.1, 0.15) is 30.1 Å². The maximum Gasteiger partial charge on any atom is 0.411 e. The van der Waals surface area contributed by atoms with Gasteiger partial charge in [-0.25, -0.2) is 14.8 Å². The molecule has 2 aliphatic heterocycles. The number of benzene rings is 1. The van der Waals surface area contributed by atoms with Crippen LogP contribution in [-0.2, 0) is 14.3 Å². The number of hydrogen-bond donors (Lipinski definition) is 3. The highest BCUT2D eigenvalue weighted by molar-refractivity contribution is 6.01. The van der Waals surface area contributed by atoms with Crippen molar-refractivity contribution in [3.63, 3.8) is 0 Å². The van der Waals surface area contributed by atoms with Crippen molar-refractivity contribution < 1.29 is 23.8 Å². The molecule has 2 aromatic heterocycles. The number of rotatable bonds is 6. The van der Waals surface area contributed by atoms with Crippen LogP contribution in [-0.4, -0.2) is 59.5 Å². The number of aromatic nitrogens is 3. The lowest BCUT2D eigenvalue weighted by Crippen LogP contribution is -2.31. The first kappa shape index (κ1) is 22.9. The van der Waals surface area contributed by atoms with E-state index in [1.807, 2.05) is 12.1 Å². The Morgan fingerprint density at radius 2 is 2.11 bits per heavy atom. The van der Waals surface area contributed by atoms with Crippen molar-refractivity contribution in [2.24, 2.45) is 0 Å². The van der Waals surface area contributed by atoms with E-state index in [4.69, 9.17) is 19.9 Å². The van der Waals surface area contributed by atoms with Gasteiger partial charge in [-0.15, -0.1) is 0 Å². The molecule has 35 heavy (non-hydrogen) atoms. The summed E-state index contributed by atoms with van der Waals surface area (Å²) in [6.07, 6.45) is 5.80. The molecule has 0 unspecified atom stereocenters. The number of fused-ring (bicyclic) bond motifs is 1. The van der Waals surface area contributed by atoms with E-state index in [2.05, 4.69) is 31.4 Å². The Morgan fingerprint density at radius 3 is 2.86 bits per heavy atom. The molecule has 2 fully saturated rings. The van der Waals surface area contributed by atoms with Gasteiger partial charge in [0.05, 0.1) is 24.2 Å². The van der Waals surface area contributed by atoms with Crippen LogP contribution in [0.15, 0.2) is 30.7 Å². The van der Waals surface area contributed by atoms with E-state index in [-0.39, 0.29) is 24.6 Å². The van der Waals surface area contributed by atoms with Crippen LogP contribution in [0.1, 0.15) is 31.7 Å². The molecule has 0 spiro atoms. The molecule has 0 aliphatic carbocycles. The van der Waals surface area contributed by atoms with Gasteiger partial charge >= 0.3 is 6.09 Å². The Hall–Kier alpha value is -3.86. The van der Waals surface area contributed by atoms with Gasteiger partial charge in [0, 0.05) is 37.4 Å². The minimum Gasteiger partial charge on any atom is -0.495 e. The number of nitrogen functional groups attached to an aromatic ring is 1. The van der Waals surface area contributed by atoms with Crippen LogP contribution in [0.2, 0.25) is 0 Å². The average molecular weight is 481 g/mol. The molecule has 5 rings (SSSR count). The van der Waals surface area contributed by atoms with E-state index in [9.17, 15) is 9.59 Å². The summed E-state index contributed by atoms with van der Waals surface area (Å²) in [4.78, 5) is 32.4. The summed E-state index contributed by atoms with van der Waals surface area (Å²) in [5, 5.41) is 6.26. The minimum atomic E-state index is -0.619. The van der Waals surface area contributed by atoms with Crippen LogP contribution in [0.3, 0.4) is 0 Å². The first-order valence-corrected chi connectivity index (χ1v) is 11.6. The van der Waals surface area contributed by atoms with Gasteiger partial charge in [-0.05, 0) is 37.0 Å². The molecule has 4 heterocycles. The highest BCUT2D eigenvalue weighted by Gasteiger charge is 2.24. The molecule has 2 aliphatic rings. The van der Waals surface area contributed by atoms with Gasteiger partial charge in [-0.3, -0.25) is 10.1 Å². The Kier molecular flexibility index (Phi) is 6.41. The third-order valence-corrected chi connectivity index (χ3v) is 6.47. The van der Waals surface area contributed by atoms with Crippen LogP contribution in [0.5, 0.6) is 5.75 Å². The first-order valence-electron chi connectivity index (χ1n) is 11.6. The zero-order valence-electron chi connectivity index (χ0n) is 19.5. The largest absolute Gasteiger partial charge is 0.495 e. The third-order valence-electron chi connectivity index (χ3n) is 6.47. The fourth-order valence-electron chi connectivity index (χ4n) is 4.66. The number of nitrogens with zero attached hydrogens (tertiary/aromatic N) is 3. The summed E-state index contributed by atoms with van der Waals surface area (Å²) < 4.78 is 18.5. The summed E-state index contributed by atoms with van der Waals surface area (Å²) in [5.41, 5.74) is 9.26. The zero-order valence-corrected chi connectivity index (χ0v) is 19.5. The van der Waals surface area contributed by atoms with Gasteiger partial charge in [-0.1, -0.05) is 6.07 Å². The minimum absolute atomic E-state index is 0.0273. The normalized spacial score (nSPS) is 18.4. The fraction of sp³-hybridized carbons (Fsp3) is 0.417. The monoisotopic (exact) mass is 480 g/mol. The van der Waals surface area contributed by atoms with Crippen LogP contribution >= 0.6 is 0 Å². The molecular weight excluding hydrogens is 452 g/mol. The molecule has 2 saturated heterocycles. The lowest BCUT2D eigenvalue weighted by atomic mass is 10.0. The van der Waals surface area contributed by atoms with Gasteiger partial charge in [0.2, 0.25) is 5.91 Å². The maximum absolute atomic E-state index is 12.3. The molecule has 2 amide bonds. The third kappa shape index (κ3) is 4.72. The summed E-state index contributed by atoms with van der Waals surface area (Å²) in [6, 6.07) is 5.58. The van der Waals surface area contributed by atoms with Crippen molar-refractivity contribution in [2.45, 2.75) is 37.8 Å². The highest BCUT2D eigenvalue weighted by Crippen LogP contribution is 2.39. The number of carbonyl (C=O) groups is 2. The van der Waals surface area contributed by atoms with Crippen molar-refractivity contribution in [3.8, 4) is 16.9 Å². The predicted octanol–water partition coefficient (Wildman–Crippen LogP) is 2.87. The smallest absolute Gasteiger partial charge is 0.411 e. The van der Waals surface area contributed by atoms with Gasteiger partial charge in [-0.2, -0.15) is 0 Å². The number of amides is 2. The standard InChI is InChI=1S/C24H28N6O5/c1-33-19-10-14(2-4-18(19)29-24(32)35-12-15-3-5-20(31)28-15)17-11-30(16-6-8-34-9-7-16)23-21(17)22(25)26-13-27-23/h2,4,10-11,13,15-16H,3,5-9,12H2,1H3,(H,28,31)(H,29,32)(H2,25,26,27)/t15-/m0/s1. The number of carbonyl (C=O) groups excluding carboxylic acids is 2. The highest BCUT2D eigenvalue weighted by atomic mass is 16.5. The van der Waals surface area contributed by atoms with Gasteiger partial charge < -0.3 is 29.8 Å².